The van der Waals surface area contributed by atoms with Crippen LogP contribution in [0.5, 0.6) is 0 Å². The third kappa shape index (κ3) is 10.1. The summed E-state index contributed by atoms with van der Waals surface area (Å²) in [5.41, 5.74) is 0.864. The van der Waals surface area contributed by atoms with Gasteiger partial charge in [0.2, 0.25) is 11.8 Å². The lowest BCUT2D eigenvalue weighted by atomic mass is 9.97. The summed E-state index contributed by atoms with van der Waals surface area (Å²) >= 11 is 0. The zero-order valence-electron chi connectivity index (χ0n) is 22.8. The maximum atomic E-state index is 14.0. The molecule has 0 radical (unpaired) electrons. The molecule has 0 heterocycles. The third-order valence-corrected chi connectivity index (χ3v) is 5.34. The van der Waals surface area contributed by atoms with E-state index in [9.17, 15) is 14.4 Å². The van der Waals surface area contributed by atoms with E-state index in [1.54, 1.807) is 31.7 Å². The molecule has 0 aliphatic heterocycles. The molecule has 0 aromatic heterocycles. The van der Waals surface area contributed by atoms with Gasteiger partial charge in [0.25, 0.3) is 0 Å². The first kappa shape index (κ1) is 30.2. The van der Waals surface area contributed by atoms with E-state index in [0.29, 0.717) is 12.1 Å². The quantitative estimate of drug-likeness (QED) is 0.383. The zero-order valence-corrected chi connectivity index (χ0v) is 22.8. The van der Waals surface area contributed by atoms with Crippen LogP contribution in [0.2, 0.25) is 0 Å². The molecule has 196 valence electrons. The van der Waals surface area contributed by atoms with E-state index in [0.717, 1.165) is 24.8 Å². The molecular formula is C28H45N3O4. The summed E-state index contributed by atoms with van der Waals surface area (Å²) in [6, 6.07) is 5.70. The lowest BCUT2D eigenvalue weighted by molar-refractivity contribution is -0.143. The van der Waals surface area contributed by atoms with Gasteiger partial charge in [-0.15, -0.1) is 0 Å². The second-order valence-electron chi connectivity index (χ2n) is 10.5. The van der Waals surface area contributed by atoms with E-state index < -0.39 is 23.8 Å². The Labute approximate surface area is 211 Å². The highest BCUT2D eigenvalue weighted by molar-refractivity contribution is 5.92. The number of carbonyl (C=O) groups is 3. The van der Waals surface area contributed by atoms with Crippen molar-refractivity contribution in [2.24, 2.45) is 5.92 Å². The fourth-order valence-corrected chi connectivity index (χ4v) is 3.72. The second-order valence-corrected chi connectivity index (χ2v) is 10.5. The summed E-state index contributed by atoms with van der Waals surface area (Å²) in [7, 11) is 0. The van der Waals surface area contributed by atoms with Crippen molar-refractivity contribution in [3.63, 3.8) is 0 Å². The monoisotopic (exact) mass is 487 g/mol. The summed E-state index contributed by atoms with van der Waals surface area (Å²) in [6.45, 7) is 19.1. The molecule has 2 atom stereocenters. The molecule has 2 N–H and O–H groups in total. The van der Waals surface area contributed by atoms with Crippen LogP contribution in [-0.4, -0.2) is 47.0 Å². The van der Waals surface area contributed by atoms with Gasteiger partial charge in [0, 0.05) is 12.6 Å². The van der Waals surface area contributed by atoms with Crippen LogP contribution >= 0.6 is 0 Å². The first-order valence-corrected chi connectivity index (χ1v) is 12.6. The molecule has 2 unspecified atom stereocenters. The van der Waals surface area contributed by atoms with Crippen molar-refractivity contribution in [3.8, 4) is 0 Å². The van der Waals surface area contributed by atoms with Crippen LogP contribution in [0.25, 0.3) is 6.08 Å². The molecule has 0 fully saturated rings. The van der Waals surface area contributed by atoms with Crippen LogP contribution in [-0.2, 0) is 14.3 Å². The molecule has 7 nitrogen and oxygen atoms in total. The Bertz CT molecular complexity index is 858. The number of nitrogens with one attached hydrogen (secondary N) is 2. The number of nitrogens with zero attached hydrogens (tertiary/aromatic N) is 1. The number of unbranched alkanes of at least 4 members (excludes halogenated alkanes) is 2. The third-order valence-electron chi connectivity index (χ3n) is 5.34. The van der Waals surface area contributed by atoms with Crippen LogP contribution in [0.1, 0.15) is 91.8 Å². The van der Waals surface area contributed by atoms with Crippen molar-refractivity contribution in [3.05, 3.63) is 42.0 Å². The maximum absolute atomic E-state index is 14.0. The SMILES string of the molecule is C=Cc1cccc(C(C(=O)NC(C)C)N(CCCCC)C(=O)C(NC(=O)OC(C)(C)C)C(C)C)c1. The lowest BCUT2D eigenvalue weighted by Gasteiger charge is -2.36. The Morgan fingerprint density at radius 2 is 1.74 bits per heavy atom. The molecule has 7 heteroatoms. The predicted molar refractivity (Wildman–Crippen MR) is 142 cm³/mol. The van der Waals surface area contributed by atoms with Gasteiger partial charge in [-0.2, -0.15) is 0 Å². The Balaban J connectivity index is 3.49. The number of rotatable bonds is 12. The number of ether oxygens (including phenoxy) is 1. The number of hydrogen-bond acceptors (Lipinski definition) is 4. The Morgan fingerprint density at radius 1 is 1.09 bits per heavy atom. The van der Waals surface area contributed by atoms with E-state index >= 15 is 0 Å². The minimum Gasteiger partial charge on any atom is -0.444 e. The average Bonchev–Trinajstić information content (AvgIpc) is 2.74. The van der Waals surface area contributed by atoms with Crippen molar-refractivity contribution >= 4 is 24.0 Å². The van der Waals surface area contributed by atoms with Crippen molar-refractivity contribution in [2.75, 3.05) is 6.54 Å². The minimum absolute atomic E-state index is 0.0963. The van der Waals surface area contributed by atoms with Gasteiger partial charge in [-0.05, 0) is 64.2 Å². The van der Waals surface area contributed by atoms with Gasteiger partial charge in [0.05, 0.1) is 0 Å². The van der Waals surface area contributed by atoms with Gasteiger partial charge in [-0.3, -0.25) is 9.59 Å². The maximum Gasteiger partial charge on any atom is 0.408 e. The van der Waals surface area contributed by atoms with Gasteiger partial charge in [-0.25, -0.2) is 4.79 Å². The molecule has 1 aromatic rings. The second kappa shape index (κ2) is 13.9. The molecule has 0 saturated carbocycles. The van der Waals surface area contributed by atoms with E-state index in [2.05, 4.69) is 24.1 Å². The van der Waals surface area contributed by atoms with Crippen LogP contribution in [0.4, 0.5) is 4.79 Å². The summed E-state index contributed by atoms with van der Waals surface area (Å²) in [6.07, 6.45) is 3.69. The van der Waals surface area contributed by atoms with Crippen molar-refractivity contribution in [2.45, 2.75) is 98.4 Å². The number of hydrogen-bond donors (Lipinski definition) is 2. The van der Waals surface area contributed by atoms with Crippen LogP contribution in [0.3, 0.4) is 0 Å². The zero-order chi connectivity index (χ0) is 26.8. The number of alkyl carbamates (subject to hydrolysis) is 1. The molecule has 0 aliphatic rings. The normalized spacial score (nSPS) is 13.2. The predicted octanol–water partition coefficient (Wildman–Crippen LogP) is 5.46. The first-order chi connectivity index (χ1) is 16.3. The molecule has 1 aromatic carbocycles. The van der Waals surface area contributed by atoms with Gasteiger partial charge in [0.1, 0.15) is 17.7 Å². The molecule has 0 bridgehead atoms. The van der Waals surface area contributed by atoms with Crippen LogP contribution in [0.15, 0.2) is 30.8 Å². The Hall–Kier alpha value is -2.83. The van der Waals surface area contributed by atoms with Crippen molar-refractivity contribution in [1.82, 2.24) is 15.5 Å². The highest BCUT2D eigenvalue weighted by Gasteiger charge is 2.37. The van der Waals surface area contributed by atoms with Crippen LogP contribution in [0, 0.1) is 5.92 Å². The van der Waals surface area contributed by atoms with E-state index in [1.807, 2.05) is 52.0 Å². The van der Waals surface area contributed by atoms with E-state index in [4.69, 9.17) is 4.74 Å². The van der Waals surface area contributed by atoms with Gasteiger partial charge in [0.15, 0.2) is 0 Å². The summed E-state index contributed by atoms with van der Waals surface area (Å²) in [5, 5.41) is 5.73. The Morgan fingerprint density at radius 3 is 2.26 bits per heavy atom. The molecule has 3 amide bonds. The summed E-state index contributed by atoms with van der Waals surface area (Å²) in [4.78, 5) is 41.7. The lowest BCUT2D eigenvalue weighted by Crippen LogP contribution is -2.55. The molecule has 35 heavy (non-hydrogen) atoms. The van der Waals surface area contributed by atoms with E-state index in [1.165, 1.54) is 0 Å². The largest absolute Gasteiger partial charge is 0.444 e. The molecule has 1 rings (SSSR count). The standard InChI is InChI=1S/C28H45N3O4/c1-10-12-13-17-31(26(33)23(19(3)4)30-27(34)35-28(7,8)9)24(25(32)29-20(5)6)22-16-14-15-21(11-2)18-22/h11,14-16,18-20,23-24H,2,10,12-13,17H2,1,3-9H3,(H,29,32)(H,30,34). The van der Waals surface area contributed by atoms with Gasteiger partial charge in [-0.1, -0.05) is 64.5 Å². The topological polar surface area (TPSA) is 87.7 Å². The van der Waals surface area contributed by atoms with Gasteiger partial charge < -0.3 is 20.3 Å². The smallest absolute Gasteiger partial charge is 0.408 e. The summed E-state index contributed by atoms with van der Waals surface area (Å²) in [5.74, 6) is -0.780. The average molecular weight is 488 g/mol. The van der Waals surface area contributed by atoms with Gasteiger partial charge >= 0.3 is 6.09 Å². The minimum atomic E-state index is -0.844. The van der Waals surface area contributed by atoms with Crippen LogP contribution < -0.4 is 10.6 Å². The summed E-state index contributed by atoms with van der Waals surface area (Å²) < 4.78 is 5.41. The first-order valence-electron chi connectivity index (χ1n) is 12.6. The number of benzene rings is 1. The molecule has 0 aliphatic carbocycles. The number of amides is 3. The number of carbonyl (C=O) groups excluding carboxylic acids is 3. The van der Waals surface area contributed by atoms with E-state index in [-0.39, 0.29) is 23.8 Å². The highest BCUT2D eigenvalue weighted by atomic mass is 16.6. The van der Waals surface area contributed by atoms with Crippen molar-refractivity contribution in [1.29, 1.82) is 0 Å². The molecular weight excluding hydrogens is 442 g/mol. The molecule has 0 saturated heterocycles. The Kier molecular flexibility index (Phi) is 12.0. The highest BCUT2D eigenvalue weighted by Crippen LogP contribution is 2.26. The molecule has 0 spiro atoms. The van der Waals surface area contributed by atoms with Crippen molar-refractivity contribution < 1.29 is 19.1 Å². The fourth-order valence-electron chi connectivity index (χ4n) is 3.72. The fraction of sp³-hybridized carbons (Fsp3) is 0.607.